The van der Waals surface area contributed by atoms with Crippen LogP contribution >= 0.6 is 0 Å². The van der Waals surface area contributed by atoms with Crippen molar-refractivity contribution in [3.05, 3.63) is 46.9 Å². The number of hydrogen-bond acceptors (Lipinski definition) is 4. The van der Waals surface area contributed by atoms with E-state index in [-0.39, 0.29) is 24.5 Å². The second-order valence-electron chi connectivity index (χ2n) is 7.41. The van der Waals surface area contributed by atoms with Crippen LogP contribution in [0.15, 0.2) is 24.4 Å². The molecule has 2 aromatic heterocycles. The molecular weight excluding hydrogens is 344 g/mol. The number of rotatable bonds is 5. The maximum atomic E-state index is 12.7. The molecule has 0 radical (unpaired) electrons. The van der Waals surface area contributed by atoms with Crippen molar-refractivity contribution in [1.82, 2.24) is 14.5 Å². The van der Waals surface area contributed by atoms with Gasteiger partial charge in [-0.05, 0) is 50.3 Å². The summed E-state index contributed by atoms with van der Waals surface area (Å²) in [5.74, 6) is 0.544. The van der Waals surface area contributed by atoms with E-state index in [1.807, 2.05) is 20.0 Å². The quantitative estimate of drug-likeness (QED) is 0.846. The lowest BCUT2D eigenvalue weighted by molar-refractivity contribution is 0.0296. The molecule has 0 spiro atoms. The largest absolute Gasteiger partial charge is 0.394 e. The van der Waals surface area contributed by atoms with Gasteiger partial charge in [-0.25, -0.2) is 4.98 Å². The molecule has 0 aromatic carbocycles. The van der Waals surface area contributed by atoms with Gasteiger partial charge in [0.2, 0.25) is 0 Å². The molecule has 1 atom stereocenters. The Morgan fingerprint density at radius 2 is 2.07 bits per heavy atom. The van der Waals surface area contributed by atoms with Gasteiger partial charge in [-0.2, -0.15) is 0 Å². The Morgan fingerprint density at radius 3 is 2.70 bits per heavy atom. The minimum atomic E-state index is -0.218. The SMILES string of the molecule is Cc1c(C(=O)Nc2cc(C(=O)N3CC[C@H]3CO)ccn2)cc(C2CC2)n1C. The fourth-order valence-corrected chi connectivity index (χ4v) is 3.60. The molecule has 7 nitrogen and oxygen atoms in total. The molecule has 1 saturated carbocycles. The Kier molecular flexibility index (Phi) is 4.47. The van der Waals surface area contributed by atoms with Gasteiger partial charge in [0.15, 0.2) is 0 Å². The number of aliphatic hydroxyl groups excluding tert-OH is 1. The summed E-state index contributed by atoms with van der Waals surface area (Å²) in [6.07, 6.45) is 4.68. The number of hydrogen-bond donors (Lipinski definition) is 2. The van der Waals surface area contributed by atoms with Crippen LogP contribution in [0, 0.1) is 6.92 Å². The predicted molar refractivity (Wildman–Crippen MR) is 101 cm³/mol. The van der Waals surface area contributed by atoms with Gasteiger partial charge < -0.3 is 19.9 Å². The standard InChI is InChI=1S/C20H24N4O3/c1-12-16(10-17(23(12)2)13-3-4-13)19(26)22-18-9-14(5-7-21-18)20(27)24-8-6-15(24)11-25/h5,7,9-10,13,15,25H,3-4,6,8,11H2,1-2H3,(H,21,22,26)/t15-/m0/s1. The van der Waals surface area contributed by atoms with E-state index in [1.165, 1.54) is 24.7 Å². The van der Waals surface area contributed by atoms with Crippen LogP contribution in [-0.2, 0) is 7.05 Å². The van der Waals surface area contributed by atoms with Gasteiger partial charge in [-0.1, -0.05) is 0 Å². The molecule has 1 aliphatic heterocycles. The molecule has 2 N–H and O–H groups in total. The highest BCUT2D eigenvalue weighted by Gasteiger charge is 2.32. The Bertz CT molecular complexity index is 899. The van der Waals surface area contributed by atoms with Crippen molar-refractivity contribution in [2.24, 2.45) is 7.05 Å². The molecule has 1 aliphatic carbocycles. The van der Waals surface area contributed by atoms with E-state index in [1.54, 1.807) is 17.0 Å². The lowest BCUT2D eigenvalue weighted by Gasteiger charge is -2.39. The van der Waals surface area contributed by atoms with Gasteiger partial charge in [-0.3, -0.25) is 9.59 Å². The van der Waals surface area contributed by atoms with Gasteiger partial charge in [0.1, 0.15) is 5.82 Å². The molecule has 0 unspecified atom stereocenters. The molecule has 2 amide bonds. The van der Waals surface area contributed by atoms with Crippen LogP contribution in [0.3, 0.4) is 0 Å². The summed E-state index contributed by atoms with van der Waals surface area (Å²) < 4.78 is 2.08. The monoisotopic (exact) mass is 368 g/mol. The maximum Gasteiger partial charge on any atom is 0.258 e. The van der Waals surface area contributed by atoms with Crippen molar-refractivity contribution in [3.63, 3.8) is 0 Å². The van der Waals surface area contributed by atoms with Crippen LogP contribution < -0.4 is 5.32 Å². The number of carbonyl (C=O) groups excluding carboxylic acids is 2. The summed E-state index contributed by atoms with van der Waals surface area (Å²) in [6.45, 7) is 2.55. The Balaban J connectivity index is 1.51. The van der Waals surface area contributed by atoms with Gasteiger partial charge in [0, 0.05) is 36.7 Å². The zero-order valence-corrected chi connectivity index (χ0v) is 15.6. The van der Waals surface area contributed by atoms with Crippen molar-refractivity contribution in [2.75, 3.05) is 18.5 Å². The molecule has 27 heavy (non-hydrogen) atoms. The van der Waals surface area contributed by atoms with E-state index < -0.39 is 0 Å². The van der Waals surface area contributed by atoms with Crippen molar-refractivity contribution in [1.29, 1.82) is 0 Å². The number of nitrogens with zero attached hydrogens (tertiary/aromatic N) is 3. The fourth-order valence-electron chi connectivity index (χ4n) is 3.60. The predicted octanol–water partition coefficient (Wildman–Crippen LogP) is 2.07. The van der Waals surface area contributed by atoms with E-state index in [2.05, 4.69) is 14.9 Å². The number of anilines is 1. The summed E-state index contributed by atoms with van der Waals surface area (Å²) >= 11 is 0. The summed E-state index contributed by atoms with van der Waals surface area (Å²) in [5.41, 5.74) is 3.22. The molecule has 3 heterocycles. The van der Waals surface area contributed by atoms with Crippen LogP contribution in [0.1, 0.15) is 57.3 Å². The molecule has 142 valence electrons. The molecule has 1 saturated heterocycles. The summed E-state index contributed by atoms with van der Waals surface area (Å²) in [6, 6.07) is 5.07. The number of aromatic nitrogens is 2. The number of aliphatic hydroxyl groups is 1. The van der Waals surface area contributed by atoms with Crippen LogP contribution in [0.4, 0.5) is 5.82 Å². The Morgan fingerprint density at radius 1 is 1.30 bits per heavy atom. The zero-order valence-electron chi connectivity index (χ0n) is 15.6. The first kappa shape index (κ1) is 17.7. The Hall–Kier alpha value is -2.67. The summed E-state index contributed by atoms with van der Waals surface area (Å²) in [4.78, 5) is 31.1. The van der Waals surface area contributed by atoms with Crippen molar-refractivity contribution in [2.45, 2.75) is 38.1 Å². The van der Waals surface area contributed by atoms with Crippen LogP contribution in [-0.4, -0.2) is 50.6 Å². The van der Waals surface area contributed by atoms with Crippen molar-refractivity contribution >= 4 is 17.6 Å². The number of carbonyl (C=O) groups is 2. The second kappa shape index (κ2) is 6.81. The van der Waals surface area contributed by atoms with Crippen LogP contribution in [0.5, 0.6) is 0 Å². The molecule has 4 rings (SSSR count). The minimum Gasteiger partial charge on any atom is -0.394 e. The van der Waals surface area contributed by atoms with Crippen molar-refractivity contribution < 1.29 is 14.7 Å². The van der Waals surface area contributed by atoms with Crippen LogP contribution in [0.25, 0.3) is 0 Å². The lowest BCUT2D eigenvalue weighted by atomic mass is 10.0. The number of pyridine rings is 1. The number of likely N-dealkylation sites (tertiary alicyclic amines) is 1. The van der Waals surface area contributed by atoms with Gasteiger partial charge in [-0.15, -0.1) is 0 Å². The lowest BCUT2D eigenvalue weighted by Crippen LogP contribution is -2.52. The average Bonchev–Trinajstić information content (AvgIpc) is 3.42. The fraction of sp³-hybridized carbons (Fsp3) is 0.450. The third-order valence-corrected chi connectivity index (χ3v) is 5.68. The minimum absolute atomic E-state index is 0.0307. The molecule has 2 fully saturated rings. The molecule has 7 heteroatoms. The summed E-state index contributed by atoms with van der Waals surface area (Å²) in [5, 5.41) is 12.1. The molecule has 2 aliphatic rings. The van der Waals surface area contributed by atoms with E-state index in [0.717, 1.165) is 12.1 Å². The number of nitrogens with one attached hydrogen (secondary N) is 1. The molecular formula is C20H24N4O3. The first-order chi connectivity index (χ1) is 13.0. The third kappa shape index (κ3) is 3.23. The smallest absolute Gasteiger partial charge is 0.258 e. The van der Waals surface area contributed by atoms with E-state index in [4.69, 9.17) is 0 Å². The van der Waals surface area contributed by atoms with E-state index in [0.29, 0.717) is 29.4 Å². The molecule has 2 aromatic rings. The van der Waals surface area contributed by atoms with Gasteiger partial charge >= 0.3 is 0 Å². The first-order valence-electron chi connectivity index (χ1n) is 9.35. The topological polar surface area (TPSA) is 87.5 Å². The van der Waals surface area contributed by atoms with Gasteiger partial charge in [0.25, 0.3) is 11.8 Å². The summed E-state index contributed by atoms with van der Waals surface area (Å²) in [7, 11) is 1.99. The van der Waals surface area contributed by atoms with Crippen LogP contribution in [0.2, 0.25) is 0 Å². The highest BCUT2D eigenvalue weighted by molar-refractivity contribution is 6.05. The first-order valence-corrected chi connectivity index (χ1v) is 9.35. The highest BCUT2D eigenvalue weighted by Crippen LogP contribution is 2.41. The van der Waals surface area contributed by atoms with Gasteiger partial charge in [0.05, 0.1) is 18.2 Å². The normalized spacial score (nSPS) is 18.9. The average molecular weight is 368 g/mol. The highest BCUT2D eigenvalue weighted by atomic mass is 16.3. The second-order valence-corrected chi connectivity index (χ2v) is 7.41. The maximum absolute atomic E-state index is 12.7. The van der Waals surface area contributed by atoms with Crippen molar-refractivity contribution in [3.8, 4) is 0 Å². The Labute approximate surface area is 158 Å². The molecule has 0 bridgehead atoms. The number of amides is 2. The van der Waals surface area contributed by atoms with E-state index in [9.17, 15) is 14.7 Å². The zero-order chi connectivity index (χ0) is 19.1. The van der Waals surface area contributed by atoms with E-state index >= 15 is 0 Å². The third-order valence-electron chi connectivity index (χ3n) is 5.68.